The van der Waals surface area contributed by atoms with Crippen LogP contribution in [0.3, 0.4) is 0 Å². The third-order valence-corrected chi connectivity index (χ3v) is 2.37. The largest absolute Gasteiger partial charge is 0.332 e. The quantitative estimate of drug-likeness (QED) is 0.300. The summed E-state index contributed by atoms with van der Waals surface area (Å²) in [5, 5.41) is 3.78. The van der Waals surface area contributed by atoms with E-state index in [9.17, 15) is 24.0 Å². The number of urea groups is 1. The van der Waals surface area contributed by atoms with Crippen molar-refractivity contribution in [1.82, 2.24) is 15.5 Å². The van der Waals surface area contributed by atoms with Gasteiger partial charge in [0, 0.05) is 6.42 Å². The lowest BCUT2D eigenvalue weighted by Gasteiger charge is -2.26. The predicted molar refractivity (Wildman–Crippen MR) is 46.6 cm³/mol. The lowest BCUT2D eigenvalue weighted by molar-refractivity contribution is -0.145. The molecular formula is C8H7N3O5. The van der Waals surface area contributed by atoms with Gasteiger partial charge in [-0.3, -0.25) is 29.8 Å². The van der Waals surface area contributed by atoms with E-state index in [1.165, 1.54) is 0 Å². The Bertz CT molecular complexity index is 429. The highest BCUT2D eigenvalue weighted by molar-refractivity contribution is 6.45. The van der Waals surface area contributed by atoms with E-state index >= 15 is 0 Å². The number of rotatable bonds is 1. The minimum Gasteiger partial charge on any atom is -0.295 e. The number of hydrogen-bond acceptors (Lipinski definition) is 5. The highest BCUT2D eigenvalue weighted by atomic mass is 16.2. The summed E-state index contributed by atoms with van der Waals surface area (Å²) in [6.07, 6.45) is 0.0682. The molecule has 2 aliphatic rings. The number of nitrogens with zero attached hydrogens (tertiary/aromatic N) is 1. The van der Waals surface area contributed by atoms with Crippen molar-refractivity contribution in [3.63, 3.8) is 0 Å². The van der Waals surface area contributed by atoms with Crippen LogP contribution in [-0.2, 0) is 19.2 Å². The number of nitrogens with one attached hydrogen (secondary N) is 2. The molecule has 1 atom stereocenters. The van der Waals surface area contributed by atoms with Crippen LogP contribution in [0.15, 0.2) is 0 Å². The van der Waals surface area contributed by atoms with E-state index in [0.29, 0.717) is 4.90 Å². The van der Waals surface area contributed by atoms with Gasteiger partial charge in [0.15, 0.2) is 0 Å². The van der Waals surface area contributed by atoms with Crippen molar-refractivity contribution < 1.29 is 24.0 Å². The maximum absolute atomic E-state index is 11.4. The molecule has 8 heteroatoms. The van der Waals surface area contributed by atoms with Gasteiger partial charge in [0.1, 0.15) is 6.04 Å². The molecule has 2 saturated heterocycles. The first-order chi connectivity index (χ1) is 7.50. The van der Waals surface area contributed by atoms with E-state index in [4.69, 9.17) is 0 Å². The van der Waals surface area contributed by atoms with Crippen LogP contribution in [0.1, 0.15) is 12.8 Å². The molecule has 1 unspecified atom stereocenters. The summed E-state index contributed by atoms with van der Waals surface area (Å²) < 4.78 is 0. The molecule has 0 bridgehead atoms. The number of imide groups is 3. The Hall–Kier alpha value is -2.25. The summed E-state index contributed by atoms with van der Waals surface area (Å²) in [5.41, 5.74) is 0. The highest BCUT2D eigenvalue weighted by Crippen LogP contribution is 2.15. The minimum atomic E-state index is -1.09. The van der Waals surface area contributed by atoms with Gasteiger partial charge in [-0.2, -0.15) is 0 Å². The Kier molecular flexibility index (Phi) is 2.18. The maximum atomic E-state index is 11.4. The molecule has 0 saturated carbocycles. The predicted octanol–water partition coefficient (Wildman–Crippen LogP) is -2.13. The topological polar surface area (TPSA) is 113 Å². The van der Waals surface area contributed by atoms with Crippen molar-refractivity contribution in [2.75, 3.05) is 0 Å². The van der Waals surface area contributed by atoms with Crippen molar-refractivity contribution in [1.29, 1.82) is 0 Å². The molecule has 8 nitrogen and oxygen atoms in total. The molecular weight excluding hydrogens is 218 g/mol. The molecule has 2 heterocycles. The van der Waals surface area contributed by atoms with Gasteiger partial charge >= 0.3 is 17.8 Å². The van der Waals surface area contributed by atoms with Gasteiger partial charge in [0.2, 0.25) is 11.8 Å². The van der Waals surface area contributed by atoms with Crippen LogP contribution in [0.25, 0.3) is 0 Å². The fourth-order valence-corrected chi connectivity index (χ4v) is 1.62. The van der Waals surface area contributed by atoms with Gasteiger partial charge in [-0.25, -0.2) is 9.69 Å². The summed E-state index contributed by atoms with van der Waals surface area (Å²) in [7, 11) is 0. The van der Waals surface area contributed by atoms with E-state index in [-0.39, 0.29) is 12.8 Å². The standard InChI is InChI=1S/C8H7N3O5/c12-4-2-1-3(5(13)9-4)11-7(15)6(14)10-8(11)16/h3H,1-2H2,(H,9,12,13)(H,10,14,16). The Morgan fingerprint density at radius 2 is 1.75 bits per heavy atom. The molecule has 0 aromatic carbocycles. The molecule has 2 fully saturated rings. The average Bonchev–Trinajstić information content (AvgIpc) is 2.43. The lowest BCUT2D eigenvalue weighted by atomic mass is 10.0. The highest BCUT2D eigenvalue weighted by Gasteiger charge is 2.45. The van der Waals surface area contributed by atoms with Crippen LogP contribution in [0.5, 0.6) is 0 Å². The van der Waals surface area contributed by atoms with Gasteiger partial charge in [-0.1, -0.05) is 0 Å². The van der Waals surface area contributed by atoms with E-state index < -0.39 is 35.7 Å². The molecule has 0 aromatic rings. The Labute approximate surface area is 88.9 Å². The smallest absolute Gasteiger partial charge is 0.295 e. The van der Waals surface area contributed by atoms with Crippen LogP contribution in [0, 0.1) is 0 Å². The first-order valence-corrected chi connectivity index (χ1v) is 4.53. The molecule has 16 heavy (non-hydrogen) atoms. The average molecular weight is 225 g/mol. The fourth-order valence-electron chi connectivity index (χ4n) is 1.62. The zero-order chi connectivity index (χ0) is 11.9. The van der Waals surface area contributed by atoms with E-state index in [1.54, 1.807) is 5.32 Å². The van der Waals surface area contributed by atoms with Gasteiger partial charge in [-0.15, -0.1) is 0 Å². The van der Waals surface area contributed by atoms with E-state index in [2.05, 4.69) is 0 Å². The number of carbonyl (C=O) groups is 5. The molecule has 0 spiro atoms. The number of carbonyl (C=O) groups excluding carboxylic acids is 5. The molecule has 84 valence electrons. The first-order valence-electron chi connectivity index (χ1n) is 4.53. The molecule has 6 amide bonds. The summed E-state index contributed by atoms with van der Waals surface area (Å²) >= 11 is 0. The van der Waals surface area contributed by atoms with E-state index in [1.807, 2.05) is 5.32 Å². The van der Waals surface area contributed by atoms with Crippen molar-refractivity contribution in [3.8, 4) is 0 Å². The summed E-state index contributed by atoms with van der Waals surface area (Å²) in [6, 6.07) is -2.01. The number of piperidine rings is 1. The second kappa shape index (κ2) is 3.40. The Morgan fingerprint density at radius 1 is 1.06 bits per heavy atom. The first kappa shape index (κ1) is 10.3. The van der Waals surface area contributed by atoms with Crippen LogP contribution in [0.2, 0.25) is 0 Å². The maximum Gasteiger partial charge on any atom is 0.332 e. The molecule has 0 radical (unpaired) electrons. The minimum absolute atomic E-state index is 0.0294. The summed E-state index contributed by atoms with van der Waals surface area (Å²) in [6.45, 7) is 0. The summed E-state index contributed by atoms with van der Waals surface area (Å²) in [4.78, 5) is 56.2. The third kappa shape index (κ3) is 1.44. The van der Waals surface area contributed by atoms with Crippen LogP contribution in [0.4, 0.5) is 4.79 Å². The van der Waals surface area contributed by atoms with Crippen molar-refractivity contribution in [3.05, 3.63) is 0 Å². The van der Waals surface area contributed by atoms with Gasteiger partial charge in [0.05, 0.1) is 0 Å². The van der Waals surface area contributed by atoms with Crippen LogP contribution < -0.4 is 10.6 Å². The van der Waals surface area contributed by atoms with Crippen LogP contribution >= 0.6 is 0 Å². The molecule has 2 rings (SSSR count). The number of amides is 6. The van der Waals surface area contributed by atoms with Crippen molar-refractivity contribution in [2.24, 2.45) is 0 Å². The SMILES string of the molecule is O=C1CCC(N2C(=O)NC(=O)C2=O)C(=O)N1. The Morgan fingerprint density at radius 3 is 2.25 bits per heavy atom. The van der Waals surface area contributed by atoms with Gasteiger partial charge in [-0.05, 0) is 6.42 Å². The Balaban J connectivity index is 2.22. The zero-order valence-corrected chi connectivity index (χ0v) is 7.98. The lowest BCUT2D eigenvalue weighted by Crippen LogP contribution is -2.54. The second-order valence-corrected chi connectivity index (χ2v) is 3.40. The van der Waals surface area contributed by atoms with E-state index in [0.717, 1.165) is 0 Å². The van der Waals surface area contributed by atoms with Crippen molar-refractivity contribution >= 4 is 29.7 Å². The van der Waals surface area contributed by atoms with Crippen molar-refractivity contribution in [2.45, 2.75) is 18.9 Å². The number of hydrogen-bond donors (Lipinski definition) is 2. The van der Waals surface area contributed by atoms with Gasteiger partial charge in [0.25, 0.3) is 0 Å². The molecule has 2 N–H and O–H groups in total. The monoisotopic (exact) mass is 225 g/mol. The molecule has 0 aromatic heterocycles. The van der Waals surface area contributed by atoms with Gasteiger partial charge < -0.3 is 0 Å². The van der Waals surface area contributed by atoms with Crippen LogP contribution in [-0.4, -0.2) is 40.6 Å². The third-order valence-electron chi connectivity index (χ3n) is 2.37. The molecule has 2 aliphatic heterocycles. The fraction of sp³-hybridized carbons (Fsp3) is 0.375. The second-order valence-electron chi connectivity index (χ2n) is 3.40. The normalized spacial score (nSPS) is 25.9. The summed E-state index contributed by atoms with van der Waals surface area (Å²) in [5.74, 6) is -3.33. The molecule has 0 aliphatic carbocycles. The zero-order valence-electron chi connectivity index (χ0n) is 7.98.